The topological polar surface area (TPSA) is 76.0 Å². The number of aromatic nitrogens is 2. The Labute approximate surface area is 173 Å². The summed E-state index contributed by atoms with van der Waals surface area (Å²) in [4.78, 5) is 29.6. The third kappa shape index (κ3) is 4.03. The van der Waals surface area contributed by atoms with Crippen molar-refractivity contribution >= 4 is 29.1 Å². The summed E-state index contributed by atoms with van der Waals surface area (Å²) in [5, 5.41) is 6.40. The molecule has 1 aliphatic rings. The summed E-state index contributed by atoms with van der Waals surface area (Å²) >= 11 is 6.14. The number of anilines is 1. The number of rotatable bonds is 5. The number of carbonyl (C=O) groups is 2. The molecule has 6 nitrogen and oxygen atoms in total. The Kier molecular flexibility index (Phi) is 5.36. The van der Waals surface area contributed by atoms with Gasteiger partial charge in [0.25, 0.3) is 11.8 Å². The summed E-state index contributed by atoms with van der Waals surface area (Å²) in [5.74, 6) is 0.493. The van der Waals surface area contributed by atoms with Gasteiger partial charge in [0.2, 0.25) is 0 Å². The van der Waals surface area contributed by atoms with Gasteiger partial charge in [0.1, 0.15) is 11.5 Å². The Morgan fingerprint density at radius 1 is 1.17 bits per heavy atom. The number of halogens is 1. The van der Waals surface area contributed by atoms with E-state index in [1.807, 2.05) is 35.8 Å². The van der Waals surface area contributed by atoms with Gasteiger partial charge in [-0.1, -0.05) is 35.9 Å². The fourth-order valence-electron chi connectivity index (χ4n) is 3.44. The number of benzene rings is 2. The lowest BCUT2D eigenvalue weighted by Gasteiger charge is -2.12. The zero-order chi connectivity index (χ0) is 20.4. The number of nitrogens with zero attached hydrogens (tertiary/aromatic N) is 2. The van der Waals surface area contributed by atoms with E-state index in [9.17, 15) is 9.59 Å². The molecule has 1 aromatic heterocycles. The molecule has 2 aromatic carbocycles. The first-order valence-electron chi connectivity index (χ1n) is 9.51. The summed E-state index contributed by atoms with van der Waals surface area (Å²) in [7, 11) is 0. The van der Waals surface area contributed by atoms with Crippen molar-refractivity contribution in [3.63, 3.8) is 0 Å². The maximum Gasteiger partial charge on any atom is 0.273 e. The molecule has 29 heavy (non-hydrogen) atoms. The highest BCUT2D eigenvalue weighted by molar-refractivity contribution is 6.31. The SMILES string of the molecule is Cc1ccc(C(=O)NCc2ccccc2Cl)cc1NC(=O)c1cnc2n1CCC2. The fraction of sp³-hybridized carbons (Fsp3) is 0.227. The highest BCUT2D eigenvalue weighted by Crippen LogP contribution is 2.21. The molecule has 0 aliphatic carbocycles. The maximum atomic E-state index is 12.7. The van der Waals surface area contributed by atoms with Gasteiger partial charge in [0, 0.05) is 35.8 Å². The average molecular weight is 409 g/mol. The molecule has 148 valence electrons. The van der Waals surface area contributed by atoms with Crippen LogP contribution in [0.2, 0.25) is 5.02 Å². The number of imidazole rings is 1. The van der Waals surface area contributed by atoms with Crippen LogP contribution < -0.4 is 10.6 Å². The zero-order valence-electron chi connectivity index (χ0n) is 16.0. The summed E-state index contributed by atoms with van der Waals surface area (Å²) in [6.07, 6.45) is 3.51. The molecule has 0 bridgehead atoms. The van der Waals surface area contributed by atoms with Crippen LogP contribution in [-0.2, 0) is 19.5 Å². The zero-order valence-corrected chi connectivity index (χ0v) is 16.8. The van der Waals surface area contributed by atoms with Gasteiger partial charge in [-0.2, -0.15) is 0 Å². The van der Waals surface area contributed by atoms with Crippen LogP contribution in [0.25, 0.3) is 0 Å². The molecule has 0 spiro atoms. The standard InChI is InChI=1S/C22H21ClN4O2/c1-14-8-9-15(21(28)25-12-16-5-2-3-6-17(16)23)11-18(14)26-22(29)19-13-24-20-7-4-10-27(19)20/h2-3,5-6,8-9,11,13H,4,7,10,12H2,1H3,(H,25,28)(H,26,29). The smallest absolute Gasteiger partial charge is 0.273 e. The van der Waals surface area contributed by atoms with Gasteiger partial charge >= 0.3 is 0 Å². The quantitative estimate of drug-likeness (QED) is 0.670. The van der Waals surface area contributed by atoms with Crippen molar-refractivity contribution in [2.45, 2.75) is 32.9 Å². The van der Waals surface area contributed by atoms with Crippen molar-refractivity contribution in [2.24, 2.45) is 0 Å². The van der Waals surface area contributed by atoms with E-state index in [2.05, 4.69) is 15.6 Å². The highest BCUT2D eigenvalue weighted by atomic mass is 35.5. The first-order chi connectivity index (χ1) is 14.0. The van der Waals surface area contributed by atoms with Gasteiger partial charge < -0.3 is 15.2 Å². The average Bonchev–Trinajstić information content (AvgIpc) is 3.32. The molecular weight excluding hydrogens is 388 g/mol. The van der Waals surface area contributed by atoms with Gasteiger partial charge in [-0.3, -0.25) is 9.59 Å². The second kappa shape index (κ2) is 8.09. The molecule has 0 fully saturated rings. The number of carbonyl (C=O) groups excluding carboxylic acids is 2. The van der Waals surface area contributed by atoms with E-state index in [0.717, 1.165) is 36.3 Å². The number of hydrogen-bond acceptors (Lipinski definition) is 3. The second-order valence-electron chi connectivity index (χ2n) is 7.07. The molecule has 2 N–H and O–H groups in total. The first kappa shape index (κ1) is 19.2. The van der Waals surface area contributed by atoms with E-state index in [1.54, 1.807) is 24.4 Å². The number of nitrogens with one attached hydrogen (secondary N) is 2. The van der Waals surface area contributed by atoms with Crippen molar-refractivity contribution in [2.75, 3.05) is 5.32 Å². The lowest BCUT2D eigenvalue weighted by atomic mass is 10.1. The molecule has 7 heteroatoms. The van der Waals surface area contributed by atoms with Gasteiger partial charge in [-0.05, 0) is 42.7 Å². The minimum Gasteiger partial charge on any atom is -0.348 e. The minimum atomic E-state index is -0.231. The summed E-state index contributed by atoms with van der Waals surface area (Å²) < 4.78 is 1.95. The number of fused-ring (bicyclic) bond motifs is 1. The molecule has 3 aromatic rings. The van der Waals surface area contributed by atoms with Crippen molar-refractivity contribution in [1.82, 2.24) is 14.9 Å². The number of amides is 2. The van der Waals surface area contributed by atoms with Crippen LogP contribution in [-0.4, -0.2) is 21.4 Å². The number of hydrogen-bond donors (Lipinski definition) is 2. The minimum absolute atomic E-state index is 0.220. The van der Waals surface area contributed by atoms with Crippen LogP contribution in [0.5, 0.6) is 0 Å². The Hall–Kier alpha value is -3.12. The Balaban J connectivity index is 1.47. The molecule has 2 amide bonds. The monoisotopic (exact) mass is 408 g/mol. The Morgan fingerprint density at radius 3 is 2.83 bits per heavy atom. The summed E-state index contributed by atoms with van der Waals surface area (Å²) in [6.45, 7) is 3.03. The lowest BCUT2D eigenvalue weighted by molar-refractivity contribution is 0.0949. The normalized spacial score (nSPS) is 12.5. The van der Waals surface area contributed by atoms with E-state index in [4.69, 9.17) is 11.6 Å². The maximum absolute atomic E-state index is 12.7. The van der Waals surface area contributed by atoms with Crippen molar-refractivity contribution in [1.29, 1.82) is 0 Å². The first-order valence-corrected chi connectivity index (χ1v) is 9.89. The van der Waals surface area contributed by atoms with Gasteiger partial charge in [-0.15, -0.1) is 0 Å². The van der Waals surface area contributed by atoms with Crippen LogP contribution in [0, 0.1) is 6.92 Å². The second-order valence-corrected chi connectivity index (χ2v) is 7.48. The van der Waals surface area contributed by atoms with Crippen LogP contribution in [0.1, 0.15) is 44.2 Å². The largest absolute Gasteiger partial charge is 0.348 e. The van der Waals surface area contributed by atoms with E-state index >= 15 is 0 Å². The molecular formula is C22H21ClN4O2. The van der Waals surface area contributed by atoms with Gasteiger partial charge in [0.05, 0.1) is 6.20 Å². The highest BCUT2D eigenvalue weighted by Gasteiger charge is 2.21. The molecule has 0 saturated carbocycles. The fourth-order valence-corrected chi connectivity index (χ4v) is 3.65. The Morgan fingerprint density at radius 2 is 2.00 bits per heavy atom. The predicted molar refractivity (Wildman–Crippen MR) is 112 cm³/mol. The molecule has 0 unspecified atom stereocenters. The van der Waals surface area contributed by atoms with E-state index in [-0.39, 0.29) is 11.8 Å². The van der Waals surface area contributed by atoms with Gasteiger partial charge in [-0.25, -0.2) is 4.98 Å². The van der Waals surface area contributed by atoms with Crippen LogP contribution in [0.15, 0.2) is 48.7 Å². The third-order valence-corrected chi connectivity index (χ3v) is 5.47. The third-order valence-electron chi connectivity index (χ3n) is 5.10. The molecule has 0 radical (unpaired) electrons. The molecule has 0 saturated heterocycles. The predicted octanol–water partition coefficient (Wildman–Crippen LogP) is 3.97. The molecule has 1 aliphatic heterocycles. The molecule has 4 rings (SSSR count). The van der Waals surface area contributed by atoms with Crippen LogP contribution in [0.3, 0.4) is 0 Å². The molecule has 0 atom stereocenters. The van der Waals surface area contributed by atoms with Crippen LogP contribution >= 0.6 is 11.6 Å². The van der Waals surface area contributed by atoms with Crippen LogP contribution in [0.4, 0.5) is 5.69 Å². The van der Waals surface area contributed by atoms with E-state index in [0.29, 0.717) is 28.5 Å². The summed E-state index contributed by atoms with van der Waals surface area (Å²) in [5.41, 5.74) is 3.34. The Bertz CT molecular complexity index is 1090. The van der Waals surface area contributed by atoms with Crippen molar-refractivity contribution < 1.29 is 9.59 Å². The molecule has 2 heterocycles. The number of aryl methyl sites for hydroxylation is 2. The lowest BCUT2D eigenvalue weighted by Crippen LogP contribution is -2.23. The van der Waals surface area contributed by atoms with E-state index < -0.39 is 0 Å². The van der Waals surface area contributed by atoms with Crippen molar-refractivity contribution in [3.8, 4) is 0 Å². The van der Waals surface area contributed by atoms with Gasteiger partial charge in [0.15, 0.2) is 0 Å². The van der Waals surface area contributed by atoms with Crippen molar-refractivity contribution in [3.05, 3.63) is 81.9 Å². The summed E-state index contributed by atoms with van der Waals surface area (Å²) in [6, 6.07) is 12.6. The van der Waals surface area contributed by atoms with E-state index in [1.165, 1.54) is 0 Å².